The predicted molar refractivity (Wildman–Crippen MR) is 111 cm³/mol. The van der Waals surface area contributed by atoms with Crippen LogP contribution in [-0.4, -0.2) is 76.7 Å². The standard InChI is InChI=1S/C19H26N4O5S/c1-3-17(24)21-8-10-22(11-9-21)19(26)16(7-12-29-2)20-18(25)14-5-4-6-15(13-14)23(27)28/h4-6,13,16H,3,7-12H2,1-2H3,(H,20,25). The third-order valence-electron chi connectivity index (χ3n) is 4.78. The van der Waals surface area contributed by atoms with Gasteiger partial charge in [0.25, 0.3) is 11.6 Å². The highest BCUT2D eigenvalue weighted by atomic mass is 32.2. The van der Waals surface area contributed by atoms with E-state index in [1.807, 2.05) is 13.2 Å². The molecular formula is C19H26N4O5S. The molecule has 0 aliphatic carbocycles. The number of benzene rings is 1. The molecular weight excluding hydrogens is 396 g/mol. The summed E-state index contributed by atoms with van der Waals surface area (Å²) in [5.74, 6) is 0.0317. The van der Waals surface area contributed by atoms with Crippen LogP contribution in [0.15, 0.2) is 24.3 Å². The van der Waals surface area contributed by atoms with Crippen LogP contribution >= 0.6 is 11.8 Å². The van der Waals surface area contributed by atoms with Gasteiger partial charge < -0.3 is 15.1 Å². The van der Waals surface area contributed by atoms with Crippen molar-refractivity contribution in [2.75, 3.05) is 38.2 Å². The van der Waals surface area contributed by atoms with Gasteiger partial charge in [-0.1, -0.05) is 13.0 Å². The molecule has 0 aromatic heterocycles. The largest absolute Gasteiger partial charge is 0.340 e. The van der Waals surface area contributed by atoms with Crippen molar-refractivity contribution < 1.29 is 19.3 Å². The first-order valence-corrected chi connectivity index (χ1v) is 10.9. The molecule has 0 saturated carbocycles. The Kier molecular flexibility index (Phi) is 8.44. The van der Waals surface area contributed by atoms with Crippen LogP contribution in [0.4, 0.5) is 5.69 Å². The van der Waals surface area contributed by atoms with Gasteiger partial charge in [0, 0.05) is 50.3 Å². The van der Waals surface area contributed by atoms with Crippen molar-refractivity contribution in [3.8, 4) is 0 Å². The molecule has 29 heavy (non-hydrogen) atoms. The Morgan fingerprint density at radius 3 is 2.45 bits per heavy atom. The van der Waals surface area contributed by atoms with Gasteiger partial charge in [-0.05, 0) is 24.5 Å². The van der Waals surface area contributed by atoms with E-state index in [9.17, 15) is 24.5 Å². The van der Waals surface area contributed by atoms with E-state index in [1.165, 1.54) is 24.3 Å². The molecule has 158 valence electrons. The highest BCUT2D eigenvalue weighted by Crippen LogP contribution is 2.14. The zero-order chi connectivity index (χ0) is 21.4. The number of amides is 3. The zero-order valence-corrected chi connectivity index (χ0v) is 17.4. The molecule has 1 aromatic rings. The van der Waals surface area contributed by atoms with E-state index in [1.54, 1.807) is 21.6 Å². The van der Waals surface area contributed by atoms with Gasteiger partial charge in [-0.2, -0.15) is 11.8 Å². The molecule has 1 atom stereocenters. The van der Waals surface area contributed by atoms with E-state index in [2.05, 4.69) is 5.32 Å². The second-order valence-electron chi connectivity index (χ2n) is 6.67. The van der Waals surface area contributed by atoms with Crippen LogP contribution in [0.25, 0.3) is 0 Å². The number of hydrogen-bond donors (Lipinski definition) is 1. The first-order valence-electron chi connectivity index (χ1n) is 9.48. The van der Waals surface area contributed by atoms with E-state index in [0.717, 1.165) is 0 Å². The zero-order valence-electron chi connectivity index (χ0n) is 16.6. The van der Waals surface area contributed by atoms with Gasteiger partial charge in [-0.3, -0.25) is 24.5 Å². The molecule has 3 amide bonds. The van der Waals surface area contributed by atoms with Gasteiger partial charge in [0.05, 0.1) is 4.92 Å². The number of carbonyl (C=O) groups is 3. The Hall–Kier alpha value is -2.62. The third kappa shape index (κ3) is 6.18. The van der Waals surface area contributed by atoms with Crippen molar-refractivity contribution in [3.63, 3.8) is 0 Å². The number of piperazine rings is 1. The second-order valence-corrected chi connectivity index (χ2v) is 7.66. The van der Waals surface area contributed by atoms with Gasteiger partial charge in [0.15, 0.2) is 0 Å². The van der Waals surface area contributed by atoms with Gasteiger partial charge in [0.1, 0.15) is 6.04 Å². The maximum absolute atomic E-state index is 13.0. The van der Waals surface area contributed by atoms with Crippen molar-refractivity contribution in [2.24, 2.45) is 0 Å². The van der Waals surface area contributed by atoms with Crippen LogP contribution in [-0.2, 0) is 9.59 Å². The quantitative estimate of drug-likeness (QED) is 0.502. The average molecular weight is 423 g/mol. The maximum Gasteiger partial charge on any atom is 0.270 e. The fourth-order valence-electron chi connectivity index (χ4n) is 3.12. The van der Waals surface area contributed by atoms with Crippen LogP contribution in [0.5, 0.6) is 0 Å². The van der Waals surface area contributed by atoms with E-state index in [-0.39, 0.29) is 23.1 Å². The lowest BCUT2D eigenvalue weighted by molar-refractivity contribution is -0.384. The molecule has 0 radical (unpaired) electrons. The molecule has 1 aromatic carbocycles. The SMILES string of the molecule is CCC(=O)N1CCN(C(=O)C(CCSC)NC(=O)c2cccc([N+](=O)[O-])c2)CC1. The summed E-state index contributed by atoms with van der Waals surface area (Å²) in [6, 6.07) is 4.70. The molecule has 10 heteroatoms. The lowest BCUT2D eigenvalue weighted by Crippen LogP contribution is -2.56. The minimum absolute atomic E-state index is 0.0648. The number of nitrogens with zero attached hydrogens (tertiary/aromatic N) is 3. The molecule has 0 spiro atoms. The number of carbonyl (C=O) groups excluding carboxylic acids is 3. The maximum atomic E-state index is 13.0. The summed E-state index contributed by atoms with van der Waals surface area (Å²) in [7, 11) is 0. The monoisotopic (exact) mass is 422 g/mol. The molecule has 1 heterocycles. The fraction of sp³-hybridized carbons (Fsp3) is 0.526. The summed E-state index contributed by atoms with van der Waals surface area (Å²) >= 11 is 1.57. The van der Waals surface area contributed by atoms with E-state index in [4.69, 9.17) is 0 Å². The van der Waals surface area contributed by atoms with Gasteiger partial charge in [0.2, 0.25) is 11.8 Å². The summed E-state index contributed by atoms with van der Waals surface area (Å²) in [6.07, 6.45) is 2.80. The van der Waals surface area contributed by atoms with E-state index >= 15 is 0 Å². The molecule has 1 fully saturated rings. The van der Waals surface area contributed by atoms with Gasteiger partial charge in [-0.15, -0.1) is 0 Å². The molecule has 0 bridgehead atoms. The van der Waals surface area contributed by atoms with Crippen molar-refractivity contribution in [2.45, 2.75) is 25.8 Å². The molecule has 9 nitrogen and oxygen atoms in total. The Morgan fingerprint density at radius 2 is 1.86 bits per heavy atom. The average Bonchev–Trinajstić information content (AvgIpc) is 2.75. The predicted octanol–water partition coefficient (Wildman–Crippen LogP) is 1.53. The lowest BCUT2D eigenvalue weighted by Gasteiger charge is -2.36. The molecule has 1 unspecified atom stereocenters. The highest BCUT2D eigenvalue weighted by Gasteiger charge is 2.29. The smallest absolute Gasteiger partial charge is 0.270 e. The van der Waals surface area contributed by atoms with Crippen LogP contribution in [0.3, 0.4) is 0 Å². The van der Waals surface area contributed by atoms with E-state index < -0.39 is 16.9 Å². The Balaban J connectivity index is 2.06. The summed E-state index contributed by atoms with van der Waals surface area (Å²) in [4.78, 5) is 51.2. The van der Waals surface area contributed by atoms with Crippen LogP contribution in [0, 0.1) is 10.1 Å². The fourth-order valence-corrected chi connectivity index (χ4v) is 3.59. The first kappa shape index (κ1) is 22.7. The third-order valence-corrected chi connectivity index (χ3v) is 5.42. The van der Waals surface area contributed by atoms with Crippen molar-refractivity contribution in [1.29, 1.82) is 0 Å². The van der Waals surface area contributed by atoms with Crippen LogP contribution in [0.2, 0.25) is 0 Å². The number of rotatable bonds is 8. The minimum Gasteiger partial charge on any atom is -0.340 e. The Morgan fingerprint density at radius 1 is 1.21 bits per heavy atom. The molecule has 1 aliphatic rings. The summed E-state index contributed by atoms with van der Waals surface area (Å²) in [5.41, 5.74) is -0.0409. The number of nitro groups is 1. The topological polar surface area (TPSA) is 113 Å². The van der Waals surface area contributed by atoms with Gasteiger partial charge >= 0.3 is 0 Å². The summed E-state index contributed by atoms with van der Waals surface area (Å²) in [5, 5.41) is 13.7. The number of nitrogens with one attached hydrogen (secondary N) is 1. The van der Waals surface area contributed by atoms with Crippen LogP contribution in [0.1, 0.15) is 30.1 Å². The molecule has 2 rings (SSSR count). The Bertz CT molecular complexity index is 765. The van der Waals surface area contributed by atoms with Crippen molar-refractivity contribution in [1.82, 2.24) is 15.1 Å². The minimum atomic E-state index is -0.720. The molecule has 1 N–H and O–H groups in total. The number of hydrogen-bond acceptors (Lipinski definition) is 6. The molecule has 1 aliphatic heterocycles. The summed E-state index contributed by atoms with van der Waals surface area (Å²) < 4.78 is 0. The normalized spacial score (nSPS) is 15.0. The summed E-state index contributed by atoms with van der Waals surface area (Å²) in [6.45, 7) is 3.61. The second kappa shape index (κ2) is 10.8. The van der Waals surface area contributed by atoms with Crippen LogP contribution < -0.4 is 5.32 Å². The van der Waals surface area contributed by atoms with Gasteiger partial charge in [-0.25, -0.2) is 0 Å². The Labute approximate surface area is 174 Å². The number of thioether (sulfide) groups is 1. The lowest BCUT2D eigenvalue weighted by atomic mass is 10.1. The number of nitro benzene ring substituents is 1. The number of non-ortho nitro benzene ring substituents is 1. The van der Waals surface area contributed by atoms with Crippen molar-refractivity contribution in [3.05, 3.63) is 39.9 Å². The highest BCUT2D eigenvalue weighted by molar-refractivity contribution is 7.98. The molecule has 1 saturated heterocycles. The van der Waals surface area contributed by atoms with E-state index in [0.29, 0.717) is 44.8 Å². The first-order chi connectivity index (χ1) is 13.9. The van der Waals surface area contributed by atoms with Crippen molar-refractivity contribution >= 4 is 35.2 Å².